The van der Waals surface area contributed by atoms with Crippen molar-refractivity contribution < 1.29 is 9.13 Å². The van der Waals surface area contributed by atoms with Crippen molar-refractivity contribution in [3.63, 3.8) is 0 Å². The number of hydrogen-bond acceptors (Lipinski definition) is 2. The zero-order valence-corrected chi connectivity index (χ0v) is 12.9. The Bertz CT molecular complexity index is 699. The van der Waals surface area contributed by atoms with Crippen LogP contribution in [0.1, 0.15) is 26.3 Å². The molecule has 2 aromatic rings. The summed E-state index contributed by atoms with van der Waals surface area (Å²) in [4.78, 5) is 0. The molecule has 2 nitrogen and oxygen atoms in total. The monoisotopic (exact) mass is 304 g/mol. The van der Waals surface area contributed by atoms with E-state index in [1.54, 1.807) is 12.1 Å². The second-order valence-corrected chi connectivity index (χ2v) is 6.09. The lowest BCUT2D eigenvalue weighted by atomic mass is 9.91. The van der Waals surface area contributed by atoms with E-state index >= 15 is 0 Å². The number of benzene rings is 2. The number of hydrogen-bond donors (Lipinski definition) is 1. The zero-order chi connectivity index (χ0) is 15.2. The third-order valence-electron chi connectivity index (χ3n) is 3.64. The van der Waals surface area contributed by atoms with Crippen LogP contribution in [0.25, 0.3) is 11.1 Å². The highest BCUT2D eigenvalue weighted by molar-refractivity contribution is 6.31. The molecule has 0 unspecified atom stereocenters. The Hall–Kier alpha value is -1.58. The van der Waals surface area contributed by atoms with Crippen LogP contribution in [-0.4, -0.2) is 0 Å². The summed E-state index contributed by atoms with van der Waals surface area (Å²) >= 11 is 5.87. The molecule has 0 amide bonds. The van der Waals surface area contributed by atoms with Gasteiger partial charge in [0.2, 0.25) is 0 Å². The van der Waals surface area contributed by atoms with Crippen molar-refractivity contribution in [1.29, 1.82) is 0 Å². The molecule has 21 heavy (non-hydrogen) atoms. The number of fused-ring (bicyclic) bond motifs is 1. The Labute approximate surface area is 128 Å². The van der Waals surface area contributed by atoms with E-state index in [1.165, 1.54) is 6.07 Å². The van der Waals surface area contributed by atoms with Crippen LogP contribution >= 0.6 is 11.6 Å². The van der Waals surface area contributed by atoms with Crippen LogP contribution in [0.15, 0.2) is 36.4 Å². The van der Waals surface area contributed by atoms with Gasteiger partial charge in [0, 0.05) is 11.3 Å². The minimum absolute atomic E-state index is 0.128. The van der Waals surface area contributed by atoms with Crippen LogP contribution in [0.2, 0.25) is 5.02 Å². The van der Waals surface area contributed by atoms with Gasteiger partial charge in [-0.3, -0.25) is 0 Å². The third-order valence-corrected chi connectivity index (χ3v) is 3.93. The number of ether oxygens (including phenoxy) is 1. The Morgan fingerprint density at radius 2 is 1.76 bits per heavy atom. The minimum Gasteiger partial charge on any atom is -0.354 e. The van der Waals surface area contributed by atoms with Gasteiger partial charge in [0.1, 0.15) is 5.82 Å². The summed E-state index contributed by atoms with van der Waals surface area (Å²) in [5.74, 6) is -0.408. The highest BCUT2D eigenvalue weighted by Gasteiger charge is 2.32. The summed E-state index contributed by atoms with van der Waals surface area (Å²) in [6.07, 6.45) is 0.782. The van der Waals surface area contributed by atoms with Crippen LogP contribution in [0.5, 0.6) is 0 Å². The van der Waals surface area contributed by atoms with Gasteiger partial charge in [-0.25, -0.2) is 4.39 Å². The van der Waals surface area contributed by atoms with Crippen molar-refractivity contribution in [3.05, 3.63) is 59.0 Å². The summed E-state index contributed by atoms with van der Waals surface area (Å²) in [6, 6.07) is 10.8. The predicted molar refractivity (Wildman–Crippen MR) is 83.5 cm³/mol. The summed E-state index contributed by atoms with van der Waals surface area (Å²) < 4.78 is 19.1. The lowest BCUT2D eigenvalue weighted by molar-refractivity contribution is -0.00915. The Kier molecular flexibility index (Phi) is 3.42. The quantitative estimate of drug-likeness (QED) is 0.768. The molecule has 0 fully saturated rings. The van der Waals surface area contributed by atoms with Gasteiger partial charge in [0.15, 0.2) is 6.23 Å². The highest BCUT2D eigenvalue weighted by Crippen LogP contribution is 2.41. The highest BCUT2D eigenvalue weighted by atomic mass is 35.5. The molecule has 3 rings (SSSR count). The summed E-state index contributed by atoms with van der Waals surface area (Å²) in [5, 5.41) is 3.35. The van der Waals surface area contributed by atoms with Crippen molar-refractivity contribution in [2.75, 3.05) is 5.32 Å². The van der Waals surface area contributed by atoms with E-state index in [0.29, 0.717) is 0 Å². The fraction of sp³-hybridized carbons (Fsp3) is 0.235. The van der Waals surface area contributed by atoms with Crippen molar-refractivity contribution in [3.8, 4) is 11.1 Å². The number of nitrogens with one attached hydrogen (secondary N) is 1. The number of halogens is 2. The first-order valence-electron chi connectivity index (χ1n) is 6.76. The Balaban J connectivity index is 2.09. The van der Waals surface area contributed by atoms with E-state index < -0.39 is 11.4 Å². The fourth-order valence-electron chi connectivity index (χ4n) is 2.66. The molecule has 0 atom stereocenters. The molecule has 0 aromatic heterocycles. The van der Waals surface area contributed by atoms with Gasteiger partial charge in [0.25, 0.3) is 0 Å². The maximum atomic E-state index is 13.3. The van der Waals surface area contributed by atoms with Crippen LogP contribution in [0, 0.1) is 12.0 Å². The summed E-state index contributed by atoms with van der Waals surface area (Å²) in [6.45, 7) is 5.95. The van der Waals surface area contributed by atoms with Gasteiger partial charge in [0.05, 0.1) is 10.6 Å². The largest absolute Gasteiger partial charge is 0.354 e. The second-order valence-electron chi connectivity index (χ2n) is 5.68. The van der Waals surface area contributed by atoms with Crippen molar-refractivity contribution in [2.45, 2.75) is 26.4 Å². The number of rotatable bonds is 1. The minimum atomic E-state index is -0.412. The third kappa shape index (κ3) is 2.63. The lowest BCUT2D eigenvalue weighted by Crippen LogP contribution is -2.32. The first kappa shape index (κ1) is 14.4. The maximum absolute atomic E-state index is 13.3. The molecule has 1 heterocycles. The van der Waals surface area contributed by atoms with Gasteiger partial charge >= 0.3 is 0 Å². The van der Waals surface area contributed by atoms with Crippen LogP contribution < -0.4 is 5.32 Å². The van der Waals surface area contributed by atoms with Gasteiger partial charge in [-0.1, -0.05) is 23.7 Å². The smallest absolute Gasteiger partial charge is 0.184 e. The molecule has 0 spiro atoms. The van der Waals surface area contributed by atoms with Crippen LogP contribution in [0.3, 0.4) is 0 Å². The fourth-order valence-corrected chi connectivity index (χ4v) is 2.84. The van der Waals surface area contributed by atoms with Gasteiger partial charge in [-0.2, -0.15) is 0 Å². The Morgan fingerprint density at radius 3 is 2.48 bits per heavy atom. The second kappa shape index (κ2) is 5.00. The van der Waals surface area contributed by atoms with E-state index in [2.05, 4.69) is 11.4 Å². The summed E-state index contributed by atoms with van der Waals surface area (Å²) in [5.41, 5.74) is 3.54. The normalized spacial score (nSPS) is 17.2. The molecule has 0 aliphatic carbocycles. The molecule has 0 saturated carbocycles. The molecule has 4 heteroatoms. The molecule has 0 saturated heterocycles. The van der Waals surface area contributed by atoms with E-state index in [-0.39, 0.29) is 5.02 Å². The zero-order valence-electron chi connectivity index (χ0n) is 12.1. The molecular formula is C17H16ClFNO. The van der Waals surface area contributed by atoms with Crippen molar-refractivity contribution in [1.82, 2.24) is 0 Å². The molecule has 1 radical (unpaired) electrons. The molecule has 2 aromatic carbocycles. The Morgan fingerprint density at radius 1 is 1.10 bits per heavy atom. The predicted octanol–water partition coefficient (Wildman–Crippen LogP) is 5.33. The SMILES string of the molecule is C[C]1Nc2ccc(-c3ccc(F)c(Cl)c3)cc2C(C)(C)O1. The van der Waals surface area contributed by atoms with E-state index in [1.807, 2.05) is 32.9 Å². The molecular weight excluding hydrogens is 289 g/mol. The van der Waals surface area contributed by atoms with Crippen molar-refractivity contribution in [2.24, 2.45) is 0 Å². The van der Waals surface area contributed by atoms with Gasteiger partial charge < -0.3 is 10.1 Å². The average molecular weight is 305 g/mol. The summed E-state index contributed by atoms with van der Waals surface area (Å²) in [7, 11) is 0. The van der Waals surface area contributed by atoms with E-state index in [9.17, 15) is 4.39 Å². The van der Waals surface area contributed by atoms with E-state index in [0.717, 1.165) is 28.6 Å². The van der Waals surface area contributed by atoms with Crippen LogP contribution in [0.4, 0.5) is 10.1 Å². The van der Waals surface area contributed by atoms with Crippen molar-refractivity contribution >= 4 is 17.3 Å². The number of anilines is 1. The first-order valence-corrected chi connectivity index (χ1v) is 7.14. The molecule has 1 aliphatic rings. The topological polar surface area (TPSA) is 21.3 Å². The van der Waals surface area contributed by atoms with Crippen LogP contribution in [-0.2, 0) is 10.3 Å². The molecule has 1 aliphatic heterocycles. The molecule has 109 valence electrons. The molecule has 1 N–H and O–H groups in total. The molecule has 0 bridgehead atoms. The van der Waals surface area contributed by atoms with E-state index in [4.69, 9.17) is 16.3 Å². The maximum Gasteiger partial charge on any atom is 0.184 e. The lowest BCUT2D eigenvalue weighted by Gasteiger charge is -2.37. The first-order chi connectivity index (χ1) is 9.87. The standard InChI is InChI=1S/C17H16ClFNO/c1-10-20-16-7-5-11(8-13(16)17(2,3)21-10)12-4-6-15(19)14(18)9-12/h4-9,20H,1-3H3. The van der Waals surface area contributed by atoms with Gasteiger partial charge in [-0.15, -0.1) is 0 Å². The average Bonchev–Trinajstić information content (AvgIpc) is 2.40. The van der Waals surface area contributed by atoms with Gasteiger partial charge in [-0.05, 0) is 56.2 Å².